The zero-order chi connectivity index (χ0) is 9.40. The molecule has 72 valence electrons. The smallest absolute Gasteiger partial charge is 0.0944 e. The van der Waals surface area contributed by atoms with E-state index in [-0.39, 0.29) is 6.10 Å². The van der Waals surface area contributed by atoms with Gasteiger partial charge < -0.3 is 9.57 Å². The average molecular weight is 194 g/mol. The molecule has 0 amide bonds. The van der Waals surface area contributed by atoms with Crippen LogP contribution >= 0.6 is 11.6 Å². The third-order valence-corrected chi connectivity index (χ3v) is 1.68. The molecule has 1 atom stereocenters. The van der Waals surface area contributed by atoms with Crippen molar-refractivity contribution >= 4 is 11.6 Å². The Balaban J connectivity index is 3.63. The first-order valence-corrected chi connectivity index (χ1v) is 4.34. The van der Waals surface area contributed by atoms with E-state index in [2.05, 4.69) is 4.84 Å². The summed E-state index contributed by atoms with van der Waals surface area (Å²) in [6.45, 7) is 5.01. The highest BCUT2D eigenvalue weighted by Crippen LogP contribution is 2.06. The zero-order valence-corrected chi connectivity index (χ0v) is 8.25. The molecule has 1 unspecified atom stereocenters. The Morgan fingerprint density at radius 2 is 2.17 bits per heavy atom. The second-order valence-corrected chi connectivity index (χ2v) is 3.06. The molecule has 0 radical (unpaired) electrons. The standard InChI is InChI=1S/C8H16ClNO2/c1-7(2)8(6-12-10)11-5-3-4-9/h3-4,7-8H,5-6,10H2,1-2H3. The molecule has 0 aromatic rings. The lowest BCUT2D eigenvalue weighted by atomic mass is 10.1. The van der Waals surface area contributed by atoms with E-state index < -0.39 is 0 Å². The van der Waals surface area contributed by atoms with Gasteiger partial charge in [0, 0.05) is 5.54 Å². The van der Waals surface area contributed by atoms with Gasteiger partial charge in [0.05, 0.1) is 19.3 Å². The maximum atomic E-state index is 5.41. The molecule has 0 aliphatic rings. The van der Waals surface area contributed by atoms with E-state index in [1.165, 1.54) is 5.54 Å². The maximum absolute atomic E-state index is 5.41. The molecular formula is C8H16ClNO2. The second-order valence-electron chi connectivity index (χ2n) is 2.81. The van der Waals surface area contributed by atoms with E-state index in [0.717, 1.165) is 0 Å². The van der Waals surface area contributed by atoms with Crippen LogP contribution in [0.25, 0.3) is 0 Å². The van der Waals surface area contributed by atoms with E-state index >= 15 is 0 Å². The van der Waals surface area contributed by atoms with Crippen molar-refractivity contribution < 1.29 is 9.57 Å². The molecule has 0 aliphatic carbocycles. The fourth-order valence-electron chi connectivity index (χ4n) is 0.743. The van der Waals surface area contributed by atoms with Crippen LogP contribution in [0, 0.1) is 5.92 Å². The summed E-state index contributed by atoms with van der Waals surface area (Å²) in [5, 5.41) is 0. The molecule has 0 saturated heterocycles. The van der Waals surface area contributed by atoms with Gasteiger partial charge in [-0.15, -0.1) is 0 Å². The molecule has 0 fully saturated rings. The SMILES string of the molecule is CC(C)C(CON)OCC=CCl. The van der Waals surface area contributed by atoms with Crippen molar-refractivity contribution in [3.63, 3.8) is 0 Å². The Labute approximate surface area is 78.4 Å². The highest BCUT2D eigenvalue weighted by Gasteiger charge is 2.12. The summed E-state index contributed by atoms with van der Waals surface area (Å²) in [6, 6.07) is 0. The minimum atomic E-state index is 0.0304. The molecule has 2 N–H and O–H groups in total. The molecule has 0 aliphatic heterocycles. The van der Waals surface area contributed by atoms with Crippen molar-refractivity contribution in [1.29, 1.82) is 0 Å². The van der Waals surface area contributed by atoms with E-state index in [1.807, 2.05) is 13.8 Å². The van der Waals surface area contributed by atoms with Crippen molar-refractivity contribution in [3.05, 3.63) is 11.6 Å². The third-order valence-electron chi connectivity index (χ3n) is 1.50. The van der Waals surface area contributed by atoms with Gasteiger partial charge in [0.2, 0.25) is 0 Å². The van der Waals surface area contributed by atoms with Crippen molar-refractivity contribution in [1.82, 2.24) is 0 Å². The van der Waals surface area contributed by atoms with Crippen LogP contribution in [0.1, 0.15) is 13.8 Å². The second kappa shape index (κ2) is 7.55. The number of halogens is 1. The van der Waals surface area contributed by atoms with Crippen molar-refractivity contribution in [2.24, 2.45) is 11.8 Å². The van der Waals surface area contributed by atoms with Crippen LogP contribution in [0.5, 0.6) is 0 Å². The fraction of sp³-hybridized carbons (Fsp3) is 0.750. The van der Waals surface area contributed by atoms with E-state index in [4.69, 9.17) is 22.2 Å². The largest absolute Gasteiger partial charge is 0.371 e. The molecule has 0 saturated carbocycles. The quantitative estimate of drug-likeness (QED) is 0.653. The summed E-state index contributed by atoms with van der Waals surface area (Å²) in [4.78, 5) is 4.51. The summed E-state index contributed by atoms with van der Waals surface area (Å²) >= 11 is 5.33. The summed E-state index contributed by atoms with van der Waals surface area (Å²) in [5.41, 5.74) is 1.43. The van der Waals surface area contributed by atoms with Gasteiger partial charge in [-0.2, -0.15) is 0 Å². The van der Waals surface area contributed by atoms with Crippen LogP contribution in [0.2, 0.25) is 0 Å². The summed E-state index contributed by atoms with van der Waals surface area (Å²) in [5.74, 6) is 5.33. The molecule has 0 spiro atoms. The molecule has 12 heavy (non-hydrogen) atoms. The average Bonchev–Trinajstić information content (AvgIpc) is 2.03. The van der Waals surface area contributed by atoms with Crippen LogP contribution < -0.4 is 5.90 Å². The molecule has 3 nitrogen and oxygen atoms in total. The zero-order valence-electron chi connectivity index (χ0n) is 7.50. The van der Waals surface area contributed by atoms with Gasteiger partial charge in [0.1, 0.15) is 0 Å². The Morgan fingerprint density at radius 3 is 2.58 bits per heavy atom. The minimum absolute atomic E-state index is 0.0304. The maximum Gasteiger partial charge on any atom is 0.0944 e. The van der Waals surface area contributed by atoms with Gasteiger partial charge in [-0.05, 0) is 12.0 Å². The number of ether oxygens (including phenoxy) is 1. The first-order valence-electron chi connectivity index (χ1n) is 3.90. The Hall–Kier alpha value is -0.0900. The molecule has 4 heteroatoms. The van der Waals surface area contributed by atoms with E-state index in [0.29, 0.717) is 19.1 Å². The monoisotopic (exact) mass is 193 g/mol. The molecule has 0 aromatic heterocycles. The first kappa shape index (κ1) is 11.9. The van der Waals surface area contributed by atoms with Crippen molar-refractivity contribution in [3.8, 4) is 0 Å². The fourth-order valence-corrected chi connectivity index (χ4v) is 0.816. The van der Waals surface area contributed by atoms with Gasteiger partial charge >= 0.3 is 0 Å². The number of rotatable bonds is 6. The molecule has 0 aromatic carbocycles. The lowest BCUT2D eigenvalue weighted by molar-refractivity contribution is -0.0296. The first-order chi connectivity index (χ1) is 5.72. The van der Waals surface area contributed by atoms with Gasteiger partial charge in [-0.25, -0.2) is 5.90 Å². The number of nitrogens with two attached hydrogens (primary N) is 1. The normalized spacial score (nSPS) is 14.4. The number of hydrogen-bond donors (Lipinski definition) is 1. The van der Waals surface area contributed by atoms with E-state index in [1.54, 1.807) is 6.08 Å². The van der Waals surface area contributed by atoms with Crippen molar-refractivity contribution in [2.75, 3.05) is 13.2 Å². The molecular weight excluding hydrogens is 178 g/mol. The molecule has 0 rings (SSSR count). The summed E-state index contributed by atoms with van der Waals surface area (Å²) < 4.78 is 5.41. The topological polar surface area (TPSA) is 44.5 Å². The van der Waals surface area contributed by atoms with Crippen LogP contribution in [-0.2, 0) is 9.57 Å². The number of hydrogen-bond acceptors (Lipinski definition) is 3. The Kier molecular flexibility index (Phi) is 7.50. The minimum Gasteiger partial charge on any atom is -0.371 e. The highest BCUT2D eigenvalue weighted by atomic mass is 35.5. The summed E-state index contributed by atoms with van der Waals surface area (Å²) in [6.07, 6.45) is 1.76. The predicted octanol–water partition coefficient (Wildman–Crippen LogP) is 1.67. The van der Waals surface area contributed by atoms with Crippen LogP contribution in [0.3, 0.4) is 0 Å². The Morgan fingerprint density at radius 1 is 1.50 bits per heavy atom. The van der Waals surface area contributed by atoms with Crippen LogP contribution in [0.4, 0.5) is 0 Å². The van der Waals surface area contributed by atoms with Crippen LogP contribution in [-0.4, -0.2) is 19.3 Å². The Bertz CT molecular complexity index is 128. The molecule has 0 bridgehead atoms. The van der Waals surface area contributed by atoms with Crippen LogP contribution in [0.15, 0.2) is 11.6 Å². The van der Waals surface area contributed by atoms with Gasteiger partial charge in [0.25, 0.3) is 0 Å². The van der Waals surface area contributed by atoms with Gasteiger partial charge in [-0.1, -0.05) is 25.4 Å². The van der Waals surface area contributed by atoms with Gasteiger partial charge in [-0.3, -0.25) is 0 Å². The van der Waals surface area contributed by atoms with E-state index in [9.17, 15) is 0 Å². The highest BCUT2D eigenvalue weighted by molar-refractivity contribution is 6.25. The van der Waals surface area contributed by atoms with Gasteiger partial charge in [0.15, 0.2) is 0 Å². The van der Waals surface area contributed by atoms with Crippen molar-refractivity contribution in [2.45, 2.75) is 20.0 Å². The lowest BCUT2D eigenvalue weighted by Crippen LogP contribution is -2.27. The predicted molar refractivity (Wildman–Crippen MR) is 49.7 cm³/mol. The summed E-state index contributed by atoms with van der Waals surface area (Å²) in [7, 11) is 0. The third kappa shape index (κ3) is 5.55. The lowest BCUT2D eigenvalue weighted by Gasteiger charge is -2.18. The molecule has 0 heterocycles.